The van der Waals surface area contributed by atoms with Crippen molar-refractivity contribution >= 4 is 17.5 Å². The molecule has 0 saturated heterocycles. The van der Waals surface area contributed by atoms with Crippen LogP contribution in [0.2, 0.25) is 0 Å². The van der Waals surface area contributed by atoms with Gasteiger partial charge in [-0.1, -0.05) is 18.2 Å². The topological polar surface area (TPSA) is 61.4 Å². The Bertz CT molecular complexity index is 835. The monoisotopic (exact) mass is 393 g/mol. The number of carbonyl (C=O) groups is 2. The number of halogens is 3. The number of hydrogen-bond donors (Lipinski definition) is 2. The van der Waals surface area contributed by atoms with E-state index in [1.54, 1.807) is 6.07 Å². The number of benzene rings is 2. The van der Waals surface area contributed by atoms with Gasteiger partial charge in [0.15, 0.2) is 0 Å². The second-order valence-electron chi connectivity index (χ2n) is 6.49. The van der Waals surface area contributed by atoms with Crippen LogP contribution in [0.4, 0.5) is 18.9 Å². The van der Waals surface area contributed by atoms with Crippen LogP contribution in [-0.4, -0.2) is 43.9 Å². The normalized spacial score (nSPS) is 11.4. The van der Waals surface area contributed by atoms with Gasteiger partial charge in [0.2, 0.25) is 0 Å². The minimum atomic E-state index is -4.59. The molecular weight excluding hydrogens is 371 g/mol. The average molecular weight is 393 g/mol. The number of carbonyl (C=O) groups excluding carboxylic acids is 2. The van der Waals surface area contributed by atoms with Crippen LogP contribution in [0.15, 0.2) is 48.5 Å². The van der Waals surface area contributed by atoms with E-state index in [1.807, 2.05) is 19.0 Å². The van der Waals surface area contributed by atoms with Crippen molar-refractivity contribution in [3.8, 4) is 0 Å². The third kappa shape index (κ3) is 6.09. The van der Waals surface area contributed by atoms with Gasteiger partial charge in [-0.15, -0.1) is 0 Å². The first-order valence-corrected chi connectivity index (χ1v) is 8.69. The highest BCUT2D eigenvalue weighted by molar-refractivity contribution is 6.06. The van der Waals surface area contributed by atoms with Crippen molar-refractivity contribution < 1.29 is 22.8 Å². The van der Waals surface area contributed by atoms with E-state index in [0.29, 0.717) is 6.54 Å². The molecule has 0 aliphatic rings. The van der Waals surface area contributed by atoms with Crippen molar-refractivity contribution in [2.75, 3.05) is 32.5 Å². The lowest BCUT2D eigenvalue weighted by Crippen LogP contribution is -2.27. The van der Waals surface area contributed by atoms with Crippen molar-refractivity contribution in [1.82, 2.24) is 10.2 Å². The molecular formula is C20H22F3N3O2. The first-order chi connectivity index (χ1) is 13.2. The maximum absolute atomic E-state index is 13.1. The summed E-state index contributed by atoms with van der Waals surface area (Å²) in [4.78, 5) is 26.6. The Hall–Kier alpha value is -2.87. The van der Waals surface area contributed by atoms with Crippen LogP contribution >= 0.6 is 0 Å². The molecule has 0 fully saturated rings. The standard InChI is InChI=1S/C20H22F3N3O2/c1-26(2)12-6-11-24-18(27)14-7-5-8-15(13-14)19(28)25-17-10-4-3-9-16(17)20(21,22)23/h3-5,7-10,13H,6,11-12H2,1-2H3,(H,24,27)(H,25,28). The lowest BCUT2D eigenvalue weighted by Gasteiger charge is -2.14. The fourth-order valence-electron chi connectivity index (χ4n) is 2.53. The second-order valence-corrected chi connectivity index (χ2v) is 6.49. The lowest BCUT2D eigenvalue weighted by molar-refractivity contribution is -0.136. The molecule has 2 N–H and O–H groups in total. The first kappa shape index (κ1) is 21.4. The Kier molecular flexibility index (Phi) is 7.17. The number of nitrogens with zero attached hydrogens (tertiary/aromatic N) is 1. The zero-order chi connectivity index (χ0) is 20.7. The van der Waals surface area contributed by atoms with Crippen molar-refractivity contribution in [3.05, 3.63) is 65.2 Å². The molecule has 8 heteroatoms. The summed E-state index contributed by atoms with van der Waals surface area (Å²) in [5, 5.41) is 5.02. The summed E-state index contributed by atoms with van der Waals surface area (Å²) in [7, 11) is 3.86. The zero-order valence-corrected chi connectivity index (χ0v) is 15.6. The minimum Gasteiger partial charge on any atom is -0.352 e. The summed E-state index contributed by atoms with van der Waals surface area (Å²) in [6, 6.07) is 10.6. The molecule has 2 amide bonds. The Morgan fingerprint density at radius 3 is 2.25 bits per heavy atom. The summed E-state index contributed by atoms with van der Waals surface area (Å²) in [6.45, 7) is 1.30. The van der Waals surface area contributed by atoms with E-state index < -0.39 is 17.6 Å². The first-order valence-electron chi connectivity index (χ1n) is 8.69. The van der Waals surface area contributed by atoms with Gasteiger partial charge in [-0.2, -0.15) is 13.2 Å². The summed E-state index contributed by atoms with van der Waals surface area (Å²) < 4.78 is 39.2. The van der Waals surface area contributed by atoms with Crippen LogP contribution in [0.5, 0.6) is 0 Å². The van der Waals surface area contributed by atoms with Gasteiger partial charge >= 0.3 is 6.18 Å². The maximum atomic E-state index is 13.1. The molecule has 150 valence electrons. The molecule has 0 aliphatic carbocycles. The number of amides is 2. The number of para-hydroxylation sites is 1. The van der Waals surface area contributed by atoms with Crippen LogP contribution in [0.1, 0.15) is 32.7 Å². The van der Waals surface area contributed by atoms with Crippen LogP contribution in [0.3, 0.4) is 0 Å². The Morgan fingerprint density at radius 2 is 1.61 bits per heavy atom. The minimum absolute atomic E-state index is 0.0953. The molecule has 0 saturated carbocycles. The largest absolute Gasteiger partial charge is 0.418 e. The molecule has 0 heterocycles. The van der Waals surface area contributed by atoms with Gasteiger partial charge < -0.3 is 15.5 Å². The molecule has 0 spiro atoms. The van der Waals surface area contributed by atoms with Gasteiger partial charge in [0.25, 0.3) is 11.8 Å². The predicted molar refractivity (Wildman–Crippen MR) is 101 cm³/mol. The van der Waals surface area contributed by atoms with Crippen LogP contribution in [-0.2, 0) is 6.18 Å². The number of nitrogens with one attached hydrogen (secondary N) is 2. The van der Waals surface area contributed by atoms with Gasteiger partial charge in [-0.25, -0.2) is 0 Å². The van der Waals surface area contributed by atoms with Gasteiger partial charge in [0.05, 0.1) is 11.3 Å². The molecule has 28 heavy (non-hydrogen) atoms. The molecule has 5 nitrogen and oxygen atoms in total. The van der Waals surface area contributed by atoms with Crippen LogP contribution in [0, 0.1) is 0 Å². The Balaban J connectivity index is 2.08. The molecule has 2 rings (SSSR count). The second kappa shape index (κ2) is 9.36. The van der Waals surface area contributed by atoms with E-state index in [1.165, 1.54) is 36.4 Å². The fourth-order valence-corrected chi connectivity index (χ4v) is 2.53. The summed E-state index contributed by atoms with van der Waals surface area (Å²) in [6.07, 6.45) is -3.81. The number of alkyl halides is 3. The summed E-state index contributed by atoms with van der Waals surface area (Å²) in [5.41, 5.74) is -0.906. The van der Waals surface area contributed by atoms with E-state index in [9.17, 15) is 22.8 Å². The molecule has 0 radical (unpaired) electrons. The number of hydrogen-bond acceptors (Lipinski definition) is 3. The average Bonchev–Trinajstić information content (AvgIpc) is 2.64. The highest BCUT2D eigenvalue weighted by atomic mass is 19.4. The summed E-state index contributed by atoms with van der Waals surface area (Å²) in [5.74, 6) is -1.07. The molecule has 0 aromatic heterocycles. The quantitative estimate of drug-likeness (QED) is 0.706. The highest BCUT2D eigenvalue weighted by Crippen LogP contribution is 2.34. The molecule has 0 aliphatic heterocycles. The lowest BCUT2D eigenvalue weighted by atomic mass is 10.1. The zero-order valence-electron chi connectivity index (χ0n) is 15.6. The third-order valence-electron chi connectivity index (χ3n) is 3.94. The third-order valence-corrected chi connectivity index (χ3v) is 3.94. The Morgan fingerprint density at radius 1 is 0.964 bits per heavy atom. The highest BCUT2D eigenvalue weighted by Gasteiger charge is 2.33. The van der Waals surface area contributed by atoms with Gasteiger partial charge in [-0.3, -0.25) is 9.59 Å². The van der Waals surface area contributed by atoms with Crippen molar-refractivity contribution in [3.63, 3.8) is 0 Å². The predicted octanol–water partition coefficient (Wildman–Crippen LogP) is 3.64. The molecule has 2 aromatic rings. The van der Waals surface area contributed by atoms with Gasteiger partial charge in [0, 0.05) is 17.7 Å². The van der Waals surface area contributed by atoms with Crippen LogP contribution in [0.25, 0.3) is 0 Å². The molecule has 0 unspecified atom stereocenters. The smallest absolute Gasteiger partial charge is 0.352 e. The van der Waals surface area contributed by atoms with E-state index in [-0.39, 0.29) is 22.7 Å². The van der Waals surface area contributed by atoms with E-state index in [2.05, 4.69) is 10.6 Å². The van der Waals surface area contributed by atoms with E-state index in [4.69, 9.17) is 0 Å². The Labute approximate surface area is 161 Å². The van der Waals surface area contributed by atoms with Crippen molar-refractivity contribution in [2.24, 2.45) is 0 Å². The fraction of sp³-hybridized carbons (Fsp3) is 0.300. The van der Waals surface area contributed by atoms with E-state index >= 15 is 0 Å². The van der Waals surface area contributed by atoms with E-state index in [0.717, 1.165) is 19.0 Å². The molecule has 0 atom stereocenters. The van der Waals surface area contributed by atoms with Crippen LogP contribution < -0.4 is 10.6 Å². The van der Waals surface area contributed by atoms with Gasteiger partial charge in [-0.05, 0) is 57.4 Å². The molecule has 2 aromatic carbocycles. The maximum Gasteiger partial charge on any atom is 0.418 e. The molecule has 0 bridgehead atoms. The van der Waals surface area contributed by atoms with Crippen molar-refractivity contribution in [2.45, 2.75) is 12.6 Å². The van der Waals surface area contributed by atoms with Gasteiger partial charge in [0.1, 0.15) is 0 Å². The SMILES string of the molecule is CN(C)CCCNC(=O)c1cccc(C(=O)Nc2ccccc2C(F)(F)F)c1. The summed E-state index contributed by atoms with van der Waals surface area (Å²) >= 11 is 0. The van der Waals surface area contributed by atoms with Crippen molar-refractivity contribution in [1.29, 1.82) is 0 Å². The number of anilines is 1. The number of rotatable bonds is 7.